The average molecular weight is 584 g/mol. The molecule has 3 saturated carbocycles. The molecule has 0 radical (unpaired) electrons. The number of carbonyl (C=O) groups excluding carboxylic acids is 1. The molecule has 6 rings (SSSR count). The van der Waals surface area contributed by atoms with Gasteiger partial charge in [-0.2, -0.15) is 5.10 Å². The third-order valence-electron chi connectivity index (χ3n) is 10.1. The van der Waals surface area contributed by atoms with Crippen LogP contribution in [0.1, 0.15) is 87.3 Å². The van der Waals surface area contributed by atoms with Crippen molar-refractivity contribution < 1.29 is 14.7 Å². The number of hydrogen-bond donors (Lipinski definition) is 2. The molecule has 43 heavy (non-hydrogen) atoms. The lowest BCUT2D eigenvalue weighted by Gasteiger charge is -2.36. The fraction of sp³-hybridized carbons (Fsp3) is 0.514. The Morgan fingerprint density at radius 1 is 1.00 bits per heavy atom. The number of amides is 1. The van der Waals surface area contributed by atoms with Gasteiger partial charge in [0.15, 0.2) is 0 Å². The second kappa shape index (κ2) is 12.8. The number of nitrogens with two attached hydrogens (primary N) is 1. The molecule has 0 unspecified atom stereocenters. The van der Waals surface area contributed by atoms with E-state index in [9.17, 15) is 4.79 Å². The largest absolute Gasteiger partial charge is 0.496 e. The van der Waals surface area contributed by atoms with E-state index in [2.05, 4.69) is 75.4 Å². The van der Waals surface area contributed by atoms with Gasteiger partial charge >= 0.3 is 0 Å². The highest BCUT2D eigenvalue weighted by molar-refractivity contribution is 5.96. The maximum atomic E-state index is 14.2. The predicted octanol–water partition coefficient (Wildman–Crippen LogP) is 7.06. The molecule has 228 valence electrons. The van der Waals surface area contributed by atoms with Gasteiger partial charge in [0.1, 0.15) is 11.6 Å². The number of hydrogen-bond acceptors (Lipinski definition) is 5. The Morgan fingerprint density at radius 3 is 2.42 bits per heavy atom. The van der Waals surface area contributed by atoms with Crippen molar-refractivity contribution in [2.24, 2.45) is 28.6 Å². The number of methoxy groups -OCH3 is 1. The first-order chi connectivity index (χ1) is 20.9. The van der Waals surface area contributed by atoms with E-state index in [1.807, 2.05) is 6.20 Å². The van der Waals surface area contributed by atoms with Crippen molar-refractivity contribution in [1.29, 1.82) is 0 Å². The number of ether oxygens (including phenoxy) is 1. The van der Waals surface area contributed by atoms with Crippen molar-refractivity contribution >= 4 is 17.4 Å². The third kappa shape index (κ3) is 6.58. The molecular weight excluding hydrogens is 538 g/mol. The highest BCUT2D eigenvalue weighted by Gasteiger charge is 2.34. The summed E-state index contributed by atoms with van der Waals surface area (Å²) in [6, 6.07) is 15.6. The van der Waals surface area contributed by atoms with Crippen LogP contribution in [0, 0.1) is 24.7 Å². The van der Waals surface area contributed by atoms with E-state index < -0.39 is 0 Å². The quantitative estimate of drug-likeness (QED) is 0.121. The van der Waals surface area contributed by atoms with Gasteiger partial charge in [0, 0.05) is 35.8 Å². The number of benzene rings is 2. The molecule has 0 aliphatic heterocycles. The zero-order chi connectivity index (χ0) is 29.9. The van der Waals surface area contributed by atoms with Crippen LogP contribution < -0.4 is 15.4 Å². The van der Waals surface area contributed by atoms with Crippen LogP contribution in [0.3, 0.4) is 0 Å². The standard InChI is InChI=1S/C35H45N5O3/c1-23-18-29(14-17-33(23)43-2)25-8-6-24(7-9-25)21-39(35(41)27-12-10-26(11-13-27)34(36)38-42)32-5-3-4-28(19-32)30-20-37-40(22-30)31-15-16-31/h3-5,14,17-20,22,24-27,31,42H,6-13,15-16,21H2,1-2H3,(H2,36,38)/t24-,25-,26-,27-. The summed E-state index contributed by atoms with van der Waals surface area (Å²) in [5, 5.41) is 17.0. The number of aromatic nitrogens is 2. The monoisotopic (exact) mass is 583 g/mol. The minimum absolute atomic E-state index is 0.0469. The summed E-state index contributed by atoms with van der Waals surface area (Å²) in [6.07, 6.45) is 14.0. The van der Waals surface area contributed by atoms with E-state index in [4.69, 9.17) is 15.7 Å². The Bertz CT molecular complexity index is 1450. The minimum atomic E-state index is -0.0531. The lowest BCUT2D eigenvalue weighted by Crippen LogP contribution is -2.42. The molecule has 2 aromatic carbocycles. The number of carbonyl (C=O) groups is 1. The Balaban J connectivity index is 1.19. The molecule has 3 N–H and O–H groups in total. The van der Waals surface area contributed by atoms with Gasteiger partial charge in [-0.15, -0.1) is 0 Å². The van der Waals surface area contributed by atoms with E-state index in [0.29, 0.717) is 17.9 Å². The highest BCUT2D eigenvalue weighted by Crippen LogP contribution is 2.40. The van der Waals surface area contributed by atoms with Gasteiger partial charge in [0.2, 0.25) is 5.91 Å². The van der Waals surface area contributed by atoms with E-state index in [1.54, 1.807) is 7.11 Å². The minimum Gasteiger partial charge on any atom is -0.496 e. The number of rotatable bonds is 9. The summed E-state index contributed by atoms with van der Waals surface area (Å²) in [5.41, 5.74) is 11.6. The maximum Gasteiger partial charge on any atom is 0.230 e. The lowest BCUT2D eigenvalue weighted by atomic mass is 9.77. The smallest absolute Gasteiger partial charge is 0.230 e. The number of oxime groups is 1. The topological polar surface area (TPSA) is 106 Å². The van der Waals surface area contributed by atoms with Crippen LogP contribution in [0.5, 0.6) is 5.75 Å². The molecule has 1 amide bonds. The van der Waals surface area contributed by atoms with Crippen LogP contribution in [0.25, 0.3) is 11.1 Å². The van der Waals surface area contributed by atoms with Crippen LogP contribution >= 0.6 is 0 Å². The van der Waals surface area contributed by atoms with Crippen molar-refractivity contribution in [3.8, 4) is 16.9 Å². The Labute approximate surface area is 254 Å². The predicted molar refractivity (Wildman–Crippen MR) is 170 cm³/mol. The molecule has 3 aromatic rings. The second-order valence-electron chi connectivity index (χ2n) is 13.0. The highest BCUT2D eigenvalue weighted by atomic mass is 16.5. The van der Waals surface area contributed by atoms with Gasteiger partial charge in [-0.3, -0.25) is 9.48 Å². The molecule has 0 saturated heterocycles. The van der Waals surface area contributed by atoms with Crippen LogP contribution in [0.2, 0.25) is 0 Å². The summed E-state index contributed by atoms with van der Waals surface area (Å²) in [4.78, 5) is 16.3. The van der Waals surface area contributed by atoms with Crippen molar-refractivity contribution in [2.45, 2.75) is 83.1 Å². The van der Waals surface area contributed by atoms with Crippen molar-refractivity contribution in [1.82, 2.24) is 9.78 Å². The summed E-state index contributed by atoms with van der Waals surface area (Å²) >= 11 is 0. The van der Waals surface area contributed by atoms with Gasteiger partial charge in [-0.25, -0.2) is 0 Å². The fourth-order valence-electron chi connectivity index (χ4n) is 7.23. The first-order valence-electron chi connectivity index (χ1n) is 16.0. The van der Waals surface area contributed by atoms with Crippen LogP contribution in [0.15, 0.2) is 60.0 Å². The van der Waals surface area contributed by atoms with Crippen LogP contribution in [0.4, 0.5) is 5.69 Å². The van der Waals surface area contributed by atoms with Gasteiger partial charge in [0.25, 0.3) is 0 Å². The Kier molecular flexibility index (Phi) is 8.73. The fourth-order valence-corrected chi connectivity index (χ4v) is 7.23. The molecule has 1 heterocycles. The SMILES string of the molecule is COc1ccc([C@H]2CC[C@H](CN(c3cccc(-c4cnn(C5CC5)c4)c3)C(=O)[C@H]3CC[C@H](/C(N)=N/O)CC3)CC2)cc1C. The van der Waals surface area contributed by atoms with E-state index in [-0.39, 0.29) is 23.6 Å². The molecular formula is C35H45N5O3. The summed E-state index contributed by atoms with van der Waals surface area (Å²) in [7, 11) is 1.72. The van der Waals surface area contributed by atoms with Crippen molar-refractivity contribution in [3.05, 3.63) is 66.0 Å². The molecule has 8 nitrogen and oxygen atoms in total. The zero-order valence-corrected chi connectivity index (χ0v) is 25.5. The van der Waals surface area contributed by atoms with E-state index >= 15 is 0 Å². The van der Waals surface area contributed by atoms with Crippen LogP contribution in [-0.4, -0.2) is 40.4 Å². The third-order valence-corrected chi connectivity index (χ3v) is 10.1. The number of nitrogens with zero attached hydrogens (tertiary/aromatic N) is 4. The molecule has 3 aliphatic rings. The normalized spacial score (nSPS) is 24.5. The molecule has 0 atom stereocenters. The van der Waals surface area contributed by atoms with Gasteiger partial charge in [-0.05, 0) is 118 Å². The summed E-state index contributed by atoms with van der Waals surface area (Å²) in [5.74, 6) is 2.42. The molecule has 8 heteroatoms. The van der Waals surface area contributed by atoms with Crippen molar-refractivity contribution in [3.63, 3.8) is 0 Å². The number of amidine groups is 1. The van der Waals surface area contributed by atoms with Crippen molar-refractivity contribution in [2.75, 3.05) is 18.6 Å². The molecule has 3 fully saturated rings. The first kappa shape index (κ1) is 29.3. The Morgan fingerprint density at radius 2 is 1.74 bits per heavy atom. The zero-order valence-electron chi connectivity index (χ0n) is 25.5. The average Bonchev–Trinajstić information content (AvgIpc) is 3.79. The molecule has 0 bridgehead atoms. The maximum absolute atomic E-state index is 14.2. The number of anilines is 1. The molecule has 1 aromatic heterocycles. The number of aryl methyl sites for hydroxylation is 1. The van der Waals surface area contributed by atoms with E-state index in [0.717, 1.165) is 80.5 Å². The summed E-state index contributed by atoms with van der Waals surface area (Å²) in [6.45, 7) is 2.85. The lowest BCUT2D eigenvalue weighted by molar-refractivity contribution is -0.123. The summed E-state index contributed by atoms with van der Waals surface area (Å²) < 4.78 is 7.55. The van der Waals surface area contributed by atoms with Gasteiger partial charge < -0.3 is 20.6 Å². The van der Waals surface area contributed by atoms with Gasteiger partial charge in [0.05, 0.1) is 19.3 Å². The van der Waals surface area contributed by atoms with E-state index in [1.165, 1.54) is 24.0 Å². The molecule has 3 aliphatic carbocycles. The van der Waals surface area contributed by atoms with Gasteiger partial charge in [-0.1, -0.05) is 29.4 Å². The first-order valence-corrected chi connectivity index (χ1v) is 16.0. The molecule has 0 spiro atoms. The second-order valence-corrected chi connectivity index (χ2v) is 13.0. The van der Waals surface area contributed by atoms with Crippen LogP contribution in [-0.2, 0) is 4.79 Å². The Hall–Kier alpha value is -3.81.